The van der Waals surface area contributed by atoms with Gasteiger partial charge in [-0.3, -0.25) is 9.59 Å². The predicted molar refractivity (Wildman–Crippen MR) is 100 cm³/mol. The molecule has 0 heterocycles. The maximum absolute atomic E-state index is 12.3. The van der Waals surface area contributed by atoms with Gasteiger partial charge < -0.3 is 19.9 Å². The lowest BCUT2D eigenvalue weighted by Crippen LogP contribution is -2.36. The van der Waals surface area contributed by atoms with Crippen molar-refractivity contribution in [2.75, 3.05) is 42.9 Å². The SMILES string of the molecule is COc1cccc(NC(=O)CN(C(C)=O)c2ccc(N(C)C)cc2)c1. The van der Waals surface area contributed by atoms with E-state index in [-0.39, 0.29) is 18.4 Å². The third-order valence-electron chi connectivity index (χ3n) is 3.71. The maximum Gasteiger partial charge on any atom is 0.244 e. The van der Waals surface area contributed by atoms with E-state index in [1.807, 2.05) is 43.3 Å². The summed E-state index contributed by atoms with van der Waals surface area (Å²) in [7, 11) is 5.45. The Bertz CT molecular complexity index is 742. The molecule has 132 valence electrons. The summed E-state index contributed by atoms with van der Waals surface area (Å²) < 4.78 is 5.14. The summed E-state index contributed by atoms with van der Waals surface area (Å²) >= 11 is 0. The number of nitrogens with zero attached hydrogens (tertiary/aromatic N) is 2. The molecule has 0 saturated heterocycles. The molecule has 0 unspecified atom stereocenters. The van der Waals surface area contributed by atoms with E-state index < -0.39 is 0 Å². The van der Waals surface area contributed by atoms with Gasteiger partial charge in [-0.2, -0.15) is 0 Å². The summed E-state index contributed by atoms with van der Waals surface area (Å²) in [6, 6.07) is 14.6. The predicted octanol–water partition coefficient (Wildman–Crippen LogP) is 2.75. The van der Waals surface area contributed by atoms with Crippen LogP contribution in [-0.4, -0.2) is 39.6 Å². The molecule has 2 aromatic carbocycles. The van der Waals surface area contributed by atoms with Gasteiger partial charge in [-0.15, -0.1) is 0 Å². The summed E-state index contributed by atoms with van der Waals surface area (Å²) in [6.45, 7) is 1.38. The molecular formula is C19H23N3O3. The Morgan fingerprint density at radius 2 is 1.68 bits per heavy atom. The molecular weight excluding hydrogens is 318 g/mol. The lowest BCUT2D eigenvalue weighted by Gasteiger charge is -2.22. The number of amides is 2. The van der Waals surface area contributed by atoms with Crippen molar-refractivity contribution in [1.82, 2.24) is 0 Å². The summed E-state index contributed by atoms with van der Waals surface area (Å²) in [5, 5.41) is 2.78. The number of carbonyl (C=O) groups is 2. The number of ether oxygens (including phenoxy) is 1. The zero-order valence-corrected chi connectivity index (χ0v) is 14.9. The van der Waals surface area contributed by atoms with Gasteiger partial charge in [0, 0.05) is 44.1 Å². The largest absolute Gasteiger partial charge is 0.497 e. The second-order valence-corrected chi connectivity index (χ2v) is 5.80. The first kappa shape index (κ1) is 18.3. The third-order valence-corrected chi connectivity index (χ3v) is 3.71. The minimum absolute atomic E-state index is 0.0617. The van der Waals surface area contributed by atoms with Crippen LogP contribution in [0.2, 0.25) is 0 Å². The second kappa shape index (κ2) is 8.19. The highest BCUT2D eigenvalue weighted by Crippen LogP contribution is 2.20. The molecule has 6 nitrogen and oxygen atoms in total. The minimum atomic E-state index is -0.278. The van der Waals surface area contributed by atoms with Crippen molar-refractivity contribution < 1.29 is 14.3 Å². The third kappa shape index (κ3) is 4.97. The van der Waals surface area contributed by atoms with E-state index in [1.54, 1.807) is 31.4 Å². The van der Waals surface area contributed by atoms with Crippen LogP contribution in [0.5, 0.6) is 5.75 Å². The fourth-order valence-corrected chi connectivity index (χ4v) is 2.36. The van der Waals surface area contributed by atoms with E-state index in [9.17, 15) is 9.59 Å². The lowest BCUT2D eigenvalue weighted by molar-refractivity contribution is -0.120. The van der Waals surface area contributed by atoms with Crippen LogP contribution >= 0.6 is 0 Å². The number of hydrogen-bond donors (Lipinski definition) is 1. The van der Waals surface area contributed by atoms with Crippen molar-refractivity contribution in [2.45, 2.75) is 6.92 Å². The van der Waals surface area contributed by atoms with Crippen LogP contribution in [-0.2, 0) is 9.59 Å². The Labute approximate surface area is 148 Å². The maximum atomic E-state index is 12.3. The molecule has 0 atom stereocenters. The monoisotopic (exact) mass is 341 g/mol. The molecule has 2 rings (SSSR count). The van der Waals surface area contributed by atoms with Gasteiger partial charge in [-0.05, 0) is 36.4 Å². The van der Waals surface area contributed by atoms with Gasteiger partial charge in [0.1, 0.15) is 12.3 Å². The van der Waals surface area contributed by atoms with E-state index in [2.05, 4.69) is 5.32 Å². The van der Waals surface area contributed by atoms with Crippen molar-refractivity contribution in [2.24, 2.45) is 0 Å². The number of carbonyl (C=O) groups excluding carboxylic acids is 2. The highest BCUT2D eigenvalue weighted by atomic mass is 16.5. The molecule has 0 saturated carbocycles. The molecule has 0 aliphatic heterocycles. The highest BCUT2D eigenvalue weighted by Gasteiger charge is 2.16. The Morgan fingerprint density at radius 3 is 2.24 bits per heavy atom. The smallest absolute Gasteiger partial charge is 0.244 e. The van der Waals surface area contributed by atoms with Gasteiger partial charge in [-0.1, -0.05) is 6.07 Å². The average Bonchev–Trinajstić information content (AvgIpc) is 2.59. The number of methoxy groups -OCH3 is 1. The zero-order chi connectivity index (χ0) is 18.4. The molecule has 0 fully saturated rings. The molecule has 25 heavy (non-hydrogen) atoms. The Hall–Kier alpha value is -3.02. The van der Waals surface area contributed by atoms with Gasteiger partial charge in [0.2, 0.25) is 11.8 Å². The van der Waals surface area contributed by atoms with Crippen LogP contribution < -0.4 is 19.9 Å². The average molecular weight is 341 g/mol. The lowest BCUT2D eigenvalue weighted by atomic mass is 10.2. The van der Waals surface area contributed by atoms with Crippen LogP contribution in [0.4, 0.5) is 17.1 Å². The van der Waals surface area contributed by atoms with Crippen molar-refractivity contribution in [1.29, 1.82) is 0 Å². The van der Waals surface area contributed by atoms with Crippen LogP contribution in [0.3, 0.4) is 0 Å². The van der Waals surface area contributed by atoms with Crippen LogP contribution in [0.15, 0.2) is 48.5 Å². The Balaban J connectivity index is 2.10. The molecule has 6 heteroatoms. The van der Waals surface area contributed by atoms with E-state index in [0.717, 1.165) is 5.69 Å². The molecule has 0 radical (unpaired) electrons. The first-order chi connectivity index (χ1) is 11.9. The fraction of sp³-hybridized carbons (Fsp3) is 0.263. The van der Waals surface area contributed by atoms with Crippen LogP contribution in [0.1, 0.15) is 6.92 Å². The summed E-state index contributed by atoms with van der Waals surface area (Å²) in [5.41, 5.74) is 2.32. The van der Waals surface area contributed by atoms with Crippen LogP contribution in [0.25, 0.3) is 0 Å². The number of rotatable bonds is 6. The molecule has 0 aliphatic carbocycles. The van der Waals surface area contributed by atoms with Gasteiger partial charge in [0.25, 0.3) is 0 Å². The van der Waals surface area contributed by atoms with Crippen LogP contribution in [0, 0.1) is 0 Å². The van der Waals surface area contributed by atoms with Crippen molar-refractivity contribution >= 4 is 28.9 Å². The van der Waals surface area contributed by atoms with Gasteiger partial charge in [0.15, 0.2) is 0 Å². The van der Waals surface area contributed by atoms with Gasteiger partial charge >= 0.3 is 0 Å². The Morgan fingerprint density at radius 1 is 1.04 bits per heavy atom. The first-order valence-corrected chi connectivity index (χ1v) is 7.90. The number of nitrogens with one attached hydrogen (secondary N) is 1. The molecule has 2 aromatic rings. The van der Waals surface area contributed by atoms with Crippen molar-refractivity contribution in [3.8, 4) is 5.75 Å². The van der Waals surface area contributed by atoms with E-state index >= 15 is 0 Å². The Kier molecular flexibility index (Phi) is 6.00. The number of hydrogen-bond acceptors (Lipinski definition) is 4. The van der Waals surface area contributed by atoms with Crippen molar-refractivity contribution in [3.05, 3.63) is 48.5 Å². The summed E-state index contributed by atoms with van der Waals surface area (Å²) in [4.78, 5) is 27.7. The topological polar surface area (TPSA) is 61.9 Å². The molecule has 2 amide bonds. The van der Waals surface area contributed by atoms with E-state index in [0.29, 0.717) is 17.1 Å². The molecule has 0 bridgehead atoms. The first-order valence-electron chi connectivity index (χ1n) is 7.90. The van der Waals surface area contributed by atoms with Gasteiger partial charge in [0.05, 0.1) is 7.11 Å². The van der Waals surface area contributed by atoms with Gasteiger partial charge in [-0.25, -0.2) is 0 Å². The molecule has 0 spiro atoms. The standard InChI is InChI=1S/C19H23N3O3/c1-14(23)22(17-10-8-16(9-11-17)21(2)3)13-19(24)20-15-6-5-7-18(12-15)25-4/h5-12H,13H2,1-4H3,(H,20,24). The summed E-state index contributed by atoms with van der Waals surface area (Å²) in [6.07, 6.45) is 0. The quantitative estimate of drug-likeness (QED) is 0.878. The number of benzene rings is 2. The van der Waals surface area contributed by atoms with E-state index in [1.165, 1.54) is 11.8 Å². The molecule has 0 aliphatic rings. The molecule has 1 N–H and O–H groups in total. The normalized spacial score (nSPS) is 10.1. The zero-order valence-electron chi connectivity index (χ0n) is 14.9. The molecule has 0 aromatic heterocycles. The number of anilines is 3. The minimum Gasteiger partial charge on any atom is -0.497 e. The highest BCUT2D eigenvalue weighted by molar-refractivity contribution is 6.01. The summed E-state index contributed by atoms with van der Waals surface area (Å²) in [5.74, 6) is 0.180. The van der Waals surface area contributed by atoms with Crippen molar-refractivity contribution in [3.63, 3.8) is 0 Å². The van der Waals surface area contributed by atoms with E-state index in [4.69, 9.17) is 4.74 Å². The fourth-order valence-electron chi connectivity index (χ4n) is 2.36. The second-order valence-electron chi connectivity index (χ2n) is 5.80.